The molecule has 0 unspecified atom stereocenters. The van der Waals surface area contributed by atoms with Gasteiger partial charge in [-0.2, -0.15) is 4.98 Å². The van der Waals surface area contributed by atoms with Crippen LogP contribution in [0, 0.1) is 11.7 Å². The molecule has 0 aromatic carbocycles. The normalized spacial score (nSPS) is 25.2. The number of morpholine rings is 1. The van der Waals surface area contributed by atoms with Crippen molar-refractivity contribution in [3.05, 3.63) is 12.0 Å². The van der Waals surface area contributed by atoms with Gasteiger partial charge in [-0.15, -0.1) is 0 Å². The standard InChI is InChI=1S/C15H21FN4O3/c16-12-9-17-15(19-13(12)20-5-7-23-8-6-20)18-11-3-1-10(2-4-11)14(21)22/h9-11H,1-8H2,(H,21,22)(H,17,18,19). The highest BCUT2D eigenvalue weighted by molar-refractivity contribution is 5.70. The van der Waals surface area contributed by atoms with Gasteiger partial charge in [0.2, 0.25) is 5.95 Å². The van der Waals surface area contributed by atoms with Crippen LogP contribution in [-0.4, -0.2) is 53.4 Å². The molecule has 0 amide bonds. The van der Waals surface area contributed by atoms with Gasteiger partial charge in [0.25, 0.3) is 0 Å². The van der Waals surface area contributed by atoms with E-state index in [0.29, 0.717) is 50.9 Å². The third-order valence-electron chi connectivity index (χ3n) is 4.45. The molecule has 2 fully saturated rings. The number of nitrogens with one attached hydrogen (secondary N) is 1. The van der Waals surface area contributed by atoms with Crippen molar-refractivity contribution in [2.45, 2.75) is 31.7 Å². The second-order valence-corrected chi connectivity index (χ2v) is 6.00. The SMILES string of the molecule is O=C(O)C1CCC(Nc2ncc(F)c(N3CCOCC3)n2)CC1. The van der Waals surface area contributed by atoms with E-state index in [1.54, 1.807) is 0 Å². The number of rotatable bonds is 4. The summed E-state index contributed by atoms with van der Waals surface area (Å²) < 4.78 is 19.2. The fourth-order valence-electron chi connectivity index (χ4n) is 3.09. The average molecular weight is 324 g/mol. The first-order valence-corrected chi connectivity index (χ1v) is 7.98. The molecule has 1 aromatic heterocycles. The van der Waals surface area contributed by atoms with E-state index in [2.05, 4.69) is 15.3 Å². The first-order chi connectivity index (χ1) is 11.1. The topological polar surface area (TPSA) is 87.6 Å². The van der Waals surface area contributed by atoms with Crippen molar-refractivity contribution in [2.24, 2.45) is 5.92 Å². The molecule has 23 heavy (non-hydrogen) atoms. The number of aliphatic carboxylic acids is 1. The van der Waals surface area contributed by atoms with Crippen molar-refractivity contribution < 1.29 is 19.0 Å². The second-order valence-electron chi connectivity index (χ2n) is 6.00. The quantitative estimate of drug-likeness (QED) is 0.868. The van der Waals surface area contributed by atoms with Gasteiger partial charge in [-0.05, 0) is 25.7 Å². The molecule has 2 N–H and O–H groups in total. The fourth-order valence-corrected chi connectivity index (χ4v) is 3.09. The molecule has 1 saturated heterocycles. The summed E-state index contributed by atoms with van der Waals surface area (Å²) >= 11 is 0. The molecule has 7 nitrogen and oxygen atoms in total. The Morgan fingerprint density at radius 2 is 2.00 bits per heavy atom. The maximum Gasteiger partial charge on any atom is 0.306 e. The second kappa shape index (κ2) is 7.08. The number of nitrogens with zero attached hydrogens (tertiary/aromatic N) is 3. The lowest BCUT2D eigenvalue weighted by Gasteiger charge is -2.29. The maximum absolute atomic E-state index is 14.0. The van der Waals surface area contributed by atoms with Crippen LogP contribution in [0.25, 0.3) is 0 Å². The zero-order chi connectivity index (χ0) is 16.2. The highest BCUT2D eigenvalue weighted by atomic mass is 19.1. The van der Waals surface area contributed by atoms with Crippen molar-refractivity contribution in [3.8, 4) is 0 Å². The van der Waals surface area contributed by atoms with Crippen LogP contribution in [-0.2, 0) is 9.53 Å². The maximum atomic E-state index is 14.0. The van der Waals surface area contributed by atoms with E-state index in [4.69, 9.17) is 9.84 Å². The van der Waals surface area contributed by atoms with Crippen LogP contribution in [0.1, 0.15) is 25.7 Å². The Morgan fingerprint density at radius 3 is 2.65 bits per heavy atom. The van der Waals surface area contributed by atoms with Gasteiger partial charge in [0.15, 0.2) is 11.6 Å². The van der Waals surface area contributed by atoms with Crippen molar-refractivity contribution in [2.75, 3.05) is 36.5 Å². The number of halogens is 1. The van der Waals surface area contributed by atoms with Gasteiger partial charge in [0, 0.05) is 19.1 Å². The molecule has 8 heteroatoms. The lowest BCUT2D eigenvalue weighted by atomic mass is 9.86. The Labute approximate surface area is 133 Å². The van der Waals surface area contributed by atoms with E-state index in [1.165, 1.54) is 6.20 Å². The van der Waals surface area contributed by atoms with Gasteiger partial charge in [0.1, 0.15) is 0 Å². The third-order valence-corrected chi connectivity index (χ3v) is 4.45. The zero-order valence-electron chi connectivity index (χ0n) is 12.9. The van der Waals surface area contributed by atoms with Gasteiger partial charge in [-0.3, -0.25) is 4.79 Å². The first-order valence-electron chi connectivity index (χ1n) is 7.98. The monoisotopic (exact) mass is 324 g/mol. The summed E-state index contributed by atoms with van der Waals surface area (Å²) in [6, 6.07) is 0.133. The summed E-state index contributed by atoms with van der Waals surface area (Å²) in [7, 11) is 0. The number of carbonyl (C=O) groups is 1. The number of carboxylic acid groups (broad SMARTS) is 1. The molecule has 1 saturated carbocycles. The largest absolute Gasteiger partial charge is 0.481 e. The molecule has 2 heterocycles. The smallest absolute Gasteiger partial charge is 0.306 e. The lowest BCUT2D eigenvalue weighted by Crippen LogP contribution is -2.37. The van der Waals surface area contributed by atoms with Gasteiger partial charge >= 0.3 is 5.97 Å². The molecule has 0 atom stereocenters. The minimum absolute atomic E-state index is 0.133. The number of carboxylic acids is 1. The average Bonchev–Trinajstić information content (AvgIpc) is 2.58. The van der Waals surface area contributed by atoms with Crippen LogP contribution >= 0.6 is 0 Å². The molecule has 0 bridgehead atoms. The molecule has 0 radical (unpaired) electrons. The van der Waals surface area contributed by atoms with Crippen molar-refractivity contribution in [3.63, 3.8) is 0 Å². The molecule has 1 aliphatic carbocycles. The lowest BCUT2D eigenvalue weighted by molar-refractivity contribution is -0.142. The summed E-state index contributed by atoms with van der Waals surface area (Å²) in [5, 5.41) is 12.2. The molecule has 126 valence electrons. The predicted octanol–water partition coefficient (Wildman–Crippen LogP) is 1.51. The molecular weight excluding hydrogens is 303 g/mol. The van der Waals surface area contributed by atoms with Crippen LogP contribution < -0.4 is 10.2 Å². The van der Waals surface area contributed by atoms with E-state index in [-0.39, 0.29) is 12.0 Å². The van der Waals surface area contributed by atoms with Crippen molar-refractivity contribution in [1.29, 1.82) is 0 Å². The minimum atomic E-state index is -0.726. The highest BCUT2D eigenvalue weighted by Crippen LogP contribution is 2.27. The van der Waals surface area contributed by atoms with Gasteiger partial charge < -0.3 is 20.1 Å². The summed E-state index contributed by atoms with van der Waals surface area (Å²) in [4.78, 5) is 21.1. The molecule has 1 aliphatic heterocycles. The van der Waals surface area contributed by atoms with Crippen LogP contribution in [0.4, 0.5) is 16.2 Å². The highest BCUT2D eigenvalue weighted by Gasteiger charge is 2.26. The number of aromatic nitrogens is 2. The minimum Gasteiger partial charge on any atom is -0.481 e. The van der Waals surface area contributed by atoms with Gasteiger partial charge in [-0.1, -0.05) is 0 Å². The Hall–Kier alpha value is -1.96. The molecule has 2 aliphatic rings. The number of hydrogen-bond acceptors (Lipinski definition) is 6. The molecule has 1 aromatic rings. The van der Waals surface area contributed by atoms with E-state index in [1.807, 2.05) is 4.90 Å². The predicted molar refractivity (Wildman–Crippen MR) is 82.0 cm³/mol. The van der Waals surface area contributed by atoms with E-state index >= 15 is 0 Å². The summed E-state index contributed by atoms with van der Waals surface area (Å²) in [6.45, 7) is 2.34. The number of anilines is 2. The third kappa shape index (κ3) is 3.87. The van der Waals surface area contributed by atoms with Gasteiger partial charge in [0.05, 0.1) is 25.3 Å². The molecular formula is C15H21FN4O3. The van der Waals surface area contributed by atoms with Crippen LogP contribution in [0.2, 0.25) is 0 Å². The summed E-state index contributed by atoms with van der Waals surface area (Å²) in [6.07, 6.45) is 3.98. The van der Waals surface area contributed by atoms with Gasteiger partial charge in [-0.25, -0.2) is 9.37 Å². The van der Waals surface area contributed by atoms with Crippen LogP contribution in [0.3, 0.4) is 0 Å². The van der Waals surface area contributed by atoms with Crippen LogP contribution in [0.15, 0.2) is 6.20 Å². The van der Waals surface area contributed by atoms with E-state index < -0.39 is 11.8 Å². The fraction of sp³-hybridized carbons (Fsp3) is 0.667. The van der Waals surface area contributed by atoms with Crippen LogP contribution in [0.5, 0.6) is 0 Å². The summed E-state index contributed by atoms with van der Waals surface area (Å²) in [5.41, 5.74) is 0. The van der Waals surface area contributed by atoms with Crippen molar-refractivity contribution in [1.82, 2.24) is 9.97 Å². The Morgan fingerprint density at radius 1 is 1.30 bits per heavy atom. The zero-order valence-corrected chi connectivity index (χ0v) is 12.9. The summed E-state index contributed by atoms with van der Waals surface area (Å²) in [5.74, 6) is -0.731. The molecule has 3 rings (SSSR count). The Bertz CT molecular complexity index is 558. The van der Waals surface area contributed by atoms with E-state index in [0.717, 1.165) is 12.8 Å². The first kappa shape index (κ1) is 15.9. The Balaban J connectivity index is 1.63. The molecule has 0 spiro atoms. The number of ether oxygens (including phenoxy) is 1. The van der Waals surface area contributed by atoms with E-state index in [9.17, 15) is 9.18 Å². The Kier molecular flexibility index (Phi) is 4.90. The van der Waals surface area contributed by atoms with Crippen molar-refractivity contribution >= 4 is 17.7 Å². The number of hydrogen-bond donors (Lipinski definition) is 2.